The summed E-state index contributed by atoms with van der Waals surface area (Å²) >= 11 is 1.95. The molecule has 1 heterocycles. The molecule has 0 saturated carbocycles. The molecule has 0 radical (unpaired) electrons. The summed E-state index contributed by atoms with van der Waals surface area (Å²) in [5.74, 6) is 0. The molecule has 0 atom stereocenters. The van der Waals surface area contributed by atoms with Crippen LogP contribution in [0.25, 0.3) is 0 Å². The lowest BCUT2D eigenvalue weighted by atomic mass is 9.52. The van der Waals surface area contributed by atoms with Gasteiger partial charge in [-0.25, -0.2) is 0 Å². The van der Waals surface area contributed by atoms with Crippen LogP contribution >= 0.6 is 11.3 Å². The summed E-state index contributed by atoms with van der Waals surface area (Å²) < 4.78 is 0. The molecule has 0 bridgehead atoms. The minimum Gasteiger partial charge on any atom is -0.149 e. The Balaban J connectivity index is 2.64. The van der Waals surface area contributed by atoms with Crippen LogP contribution in [0.15, 0.2) is 11.4 Å². The third-order valence-electron chi connectivity index (χ3n) is 4.49. The molecule has 90 valence electrons. The number of hydrogen-bond acceptors (Lipinski definition) is 1. The van der Waals surface area contributed by atoms with Crippen molar-refractivity contribution in [1.29, 1.82) is 0 Å². The third kappa shape index (κ3) is 1.40. The molecule has 1 aromatic heterocycles. The first kappa shape index (κ1) is 12.2. The molecule has 0 aliphatic heterocycles. The predicted octanol–water partition coefficient (Wildman–Crippen LogP) is 5.02. The summed E-state index contributed by atoms with van der Waals surface area (Å²) in [7, 11) is 0. The maximum atomic E-state index is 2.41. The molecule has 0 nitrogen and oxygen atoms in total. The van der Waals surface area contributed by atoms with Crippen LogP contribution < -0.4 is 0 Å². The fourth-order valence-corrected chi connectivity index (χ4v) is 4.99. The molecule has 1 aliphatic rings. The quantitative estimate of drug-likeness (QED) is 0.593. The lowest BCUT2D eigenvalue weighted by molar-refractivity contribution is 0.0525. The molecular formula is C15H24S. The summed E-state index contributed by atoms with van der Waals surface area (Å²) in [5.41, 5.74) is 2.64. The van der Waals surface area contributed by atoms with Gasteiger partial charge in [0.25, 0.3) is 0 Å². The first-order chi connectivity index (χ1) is 7.20. The zero-order valence-corrected chi connectivity index (χ0v) is 12.3. The second-order valence-corrected chi connectivity index (χ2v) is 8.16. The summed E-state index contributed by atoms with van der Waals surface area (Å²) in [5, 5.41) is 2.27. The largest absolute Gasteiger partial charge is 0.149 e. The van der Waals surface area contributed by atoms with Crippen molar-refractivity contribution in [3.8, 4) is 0 Å². The normalized spacial score (nSPS) is 19.9. The Bertz CT molecular complexity index is 370. The maximum absolute atomic E-state index is 2.41. The van der Waals surface area contributed by atoms with Crippen LogP contribution in [0.2, 0.25) is 0 Å². The summed E-state index contributed by atoms with van der Waals surface area (Å²) in [6.07, 6.45) is 2.60. The molecule has 16 heavy (non-hydrogen) atoms. The van der Waals surface area contributed by atoms with Crippen LogP contribution in [0, 0.1) is 10.8 Å². The van der Waals surface area contributed by atoms with E-state index in [0.717, 1.165) is 0 Å². The molecule has 0 fully saturated rings. The van der Waals surface area contributed by atoms with E-state index < -0.39 is 0 Å². The van der Waals surface area contributed by atoms with Crippen molar-refractivity contribution in [2.75, 3.05) is 0 Å². The summed E-state index contributed by atoms with van der Waals surface area (Å²) in [6.45, 7) is 14.4. The minimum absolute atomic E-state index is 0.331. The zero-order valence-electron chi connectivity index (χ0n) is 11.5. The Hall–Kier alpha value is -0.300. The fourth-order valence-electron chi connectivity index (χ4n) is 4.03. The van der Waals surface area contributed by atoms with Crippen molar-refractivity contribution in [3.05, 3.63) is 21.9 Å². The number of fused-ring (bicyclic) bond motifs is 1. The van der Waals surface area contributed by atoms with Crippen LogP contribution in [-0.2, 0) is 11.8 Å². The highest BCUT2D eigenvalue weighted by molar-refractivity contribution is 7.10. The first-order valence-corrected chi connectivity index (χ1v) is 7.15. The van der Waals surface area contributed by atoms with Gasteiger partial charge >= 0.3 is 0 Å². The smallest absolute Gasteiger partial charge is 0.00836 e. The Kier molecular flexibility index (Phi) is 2.55. The van der Waals surface area contributed by atoms with E-state index in [9.17, 15) is 0 Å². The average Bonchev–Trinajstić information content (AvgIpc) is 2.54. The Morgan fingerprint density at radius 3 is 2.12 bits per heavy atom. The number of thiophene rings is 1. The van der Waals surface area contributed by atoms with E-state index in [1.54, 1.807) is 10.4 Å². The van der Waals surface area contributed by atoms with E-state index in [-0.39, 0.29) is 0 Å². The van der Waals surface area contributed by atoms with Gasteiger partial charge in [0, 0.05) is 10.3 Å². The van der Waals surface area contributed by atoms with Crippen molar-refractivity contribution in [2.24, 2.45) is 10.8 Å². The Morgan fingerprint density at radius 1 is 1.06 bits per heavy atom. The van der Waals surface area contributed by atoms with Crippen molar-refractivity contribution in [2.45, 2.75) is 59.8 Å². The third-order valence-corrected chi connectivity index (χ3v) is 5.47. The summed E-state index contributed by atoms with van der Waals surface area (Å²) in [4.78, 5) is 1.63. The van der Waals surface area contributed by atoms with Crippen molar-refractivity contribution < 1.29 is 0 Å². The molecule has 0 aromatic carbocycles. The van der Waals surface area contributed by atoms with Crippen LogP contribution in [0.1, 0.15) is 58.4 Å². The topological polar surface area (TPSA) is 0 Å². The molecule has 1 heteroatoms. The lowest BCUT2D eigenvalue weighted by Gasteiger charge is -2.52. The molecule has 2 rings (SSSR count). The van der Waals surface area contributed by atoms with Gasteiger partial charge in [-0.3, -0.25) is 0 Å². The molecule has 0 unspecified atom stereocenters. The first-order valence-electron chi connectivity index (χ1n) is 6.27. The van der Waals surface area contributed by atoms with Gasteiger partial charge in [0.2, 0.25) is 0 Å². The monoisotopic (exact) mass is 236 g/mol. The van der Waals surface area contributed by atoms with Crippen LogP contribution in [0.5, 0.6) is 0 Å². The van der Waals surface area contributed by atoms with Crippen molar-refractivity contribution in [3.63, 3.8) is 0 Å². The van der Waals surface area contributed by atoms with E-state index >= 15 is 0 Å². The van der Waals surface area contributed by atoms with E-state index in [4.69, 9.17) is 0 Å². The van der Waals surface area contributed by atoms with Gasteiger partial charge in [-0.05, 0) is 40.7 Å². The lowest BCUT2D eigenvalue weighted by Crippen LogP contribution is -2.48. The second-order valence-electron chi connectivity index (χ2n) is 7.16. The van der Waals surface area contributed by atoms with E-state index in [1.165, 1.54) is 12.8 Å². The molecule has 0 saturated heterocycles. The van der Waals surface area contributed by atoms with Gasteiger partial charge in [-0.1, -0.05) is 41.5 Å². The van der Waals surface area contributed by atoms with E-state index in [1.807, 2.05) is 11.3 Å². The molecule has 0 N–H and O–H groups in total. The standard InChI is InChI=1S/C15H24S/c1-13(2,3)15(14(4,5)6)9-7-12-11(15)8-10-16-12/h8,10H,7,9H2,1-6H3. The fraction of sp³-hybridized carbons (Fsp3) is 0.733. The van der Waals surface area contributed by atoms with Crippen LogP contribution in [0.3, 0.4) is 0 Å². The van der Waals surface area contributed by atoms with Gasteiger partial charge in [-0.2, -0.15) is 0 Å². The molecule has 1 aliphatic carbocycles. The SMILES string of the molecule is CC(C)(C)C1(C(C)(C)C)CCc2sccc21. The number of aryl methyl sites for hydroxylation is 1. The predicted molar refractivity (Wildman–Crippen MR) is 73.2 cm³/mol. The van der Waals surface area contributed by atoms with Crippen LogP contribution in [0.4, 0.5) is 0 Å². The second kappa shape index (κ2) is 3.35. The van der Waals surface area contributed by atoms with E-state index in [2.05, 4.69) is 53.0 Å². The maximum Gasteiger partial charge on any atom is 0.00836 e. The Morgan fingerprint density at radius 2 is 1.62 bits per heavy atom. The molecular weight excluding hydrogens is 212 g/mol. The van der Waals surface area contributed by atoms with Gasteiger partial charge in [0.1, 0.15) is 0 Å². The minimum atomic E-state index is 0.331. The molecule has 0 amide bonds. The van der Waals surface area contributed by atoms with Crippen molar-refractivity contribution in [1.82, 2.24) is 0 Å². The van der Waals surface area contributed by atoms with Crippen molar-refractivity contribution >= 4 is 11.3 Å². The highest BCUT2D eigenvalue weighted by Crippen LogP contribution is 2.60. The van der Waals surface area contributed by atoms with Gasteiger partial charge < -0.3 is 0 Å². The zero-order chi connectivity index (χ0) is 12.2. The summed E-state index contributed by atoms with van der Waals surface area (Å²) in [6, 6.07) is 2.38. The van der Waals surface area contributed by atoms with Gasteiger partial charge in [-0.15, -0.1) is 11.3 Å². The molecule has 1 aromatic rings. The van der Waals surface area contributed by atoms with Crippen LogP contribution in [-0.4, -0.2) is 0 Å². The average molecular weight is 236 g/mol. The Labute approximate surface area is 104 Å². The highest BCUT2D eigenvalue weighted by atomic mass is 32.1. The number of hydrogen-bond donors (Lipinski definition) is 0. The molecule has 0 spiro atoms. The van der Waals surface area contributed by atoms with Gasteiger partial charge in [0.05, 0.1) is 0 Å². The number of rotatable bonds is 0. The highest BCUT2D eigenvalue weighted by Gasteiger charge is 2.54. The van der Waals surface area contributed by atoms with E-state index in [0.29, 0.717) is 16.2 Å². The van der Waals surface area contributed by atoms with Gasteiger partial charge in [0.15, 0.2) is 0 Å².